The summed E-state index contributed by atoms with van der Waals surface area (Å²) >= 11 is 0. The molecule has 0 aliphatic rings. The summed E-state index contributed by atoms with van der Waals surface area (Å²) in [6, 6.07) is 20.9. The van der Waals surface area contributed by atoms with Gasteiger partial charge < -0.3 is 4.43 Å². The zero-order valence-electron chi connectivity index (χ0n) is 23.6. The van der Waals surface area contributed by atoms with Crippen molar-refractivity contribution in [3.63, 3.8) is 0 Å². The van der Waals surface area contributed by atoms with Crippen LogP contribution in [0.25, 0.3) is 21.5 Å². The lowest BCUT2D eigenvalue weighted by atomic mass is 10.0. The molecule has 3 rings (SSSR count). The summed E-state index contributed by atoms with van der Waals surface area (Å²) in [6.45, 7) is 7.07. The Hall–Kier alpha value is -1.80. The van der Waals surface area contributed by atoms with Gasteiger partial charge in [0.25, 0.3) is 0 Å². The Balaban J connectivity index is 1.26. The van der Waals surface area contributed by atoms with Crippen LogP contribution in [0.2, 0.25) is 19.1 Å². The van der Waals surface area contributed by atoms with Crippen LogP contribution in [0.1, 0.15) is 110 Å². The number of fused-ring (bicyclic) bond motifs is 3. The van der Waals surface area contributed by atoms with Crippen molar-refractivity contribution in [2.45, 2.75) is 129 Å². The van der Waals surface area contributed by atoms with Gasteiger partial charge in [0.2, 0.25) is 8.32 Å². The first-order chi connectivity index (χ1) is 17.6. The Morgan fingerprint density at radius 2 is 1.03 bits per heavy atom. The predicted molar refractivity (Wildman–Crippen MR) is 164 cm³/mol. The molecule has 3 aromatic carbocycles. The van der Waals surface area contributed by atoms with Crippen molar-refractivity contribution in [3.05, 3.63) is 54.6 Å². The molecule has 1 nitrogen and oxygen atoms in total. The van der Waals surface area contributed by atoms with E-state index in [4.69, 9.17) is 4.43 Å². The van der Waals surface area contributed by atoms with E-state index in [0.717, 1.165) is 5.75 Å². The van der Waals surface area contributed by atoms with Crippen LogP contribution in [0.15, 0.2) is 54.6 Å². The highest BCUT2D eigenvalue weighted by Gasteiger charge is 2.24. The monoisotopic (exact) mass is 504 g/mol. The highest BCUT2D eigenvalue weighted by Crippen LogP contribution is 2.33. The van der Waals surface area contributed by atoms with Crippen molar-refractivity contribution < 1.29 is 4.43 Å². The van der Waals surface area contributed by atoms with Crippen LogP contribution in [0.3, 0.4) is 0 Å². The maximum absolute atomic E-state index is 6.73. The maximum atomic E-state index is 6.73. The Morgan fingerprint density at radius 3 is 1.64 bits per heavy atom. The van der Waals surface area contributed by atoms with Crippen LogP contribution in [0.4, 0.5) is 0 Å². The quantitative estimate of drug-likeness (QED) is 0.0895. The first-order valence-corrected chi connectivity index (χ1v) is 18.3. The molecule has 2 heteroatoms. The van der Waals surface area contributed by atoms with Crippen LogP contribution in [-0.2, 0) is 0 Å². The van der Waals surface area contributed by atoms with Crippen LogP contribution >= 0.6 is 0 Å². The van der Waals surface area contributed by atoms with Crippen LogP contribution in [0, 0.1) is 0 Å². The Bertz CT molecular complexity index is 1010. The lowest BCUT2D eigenvalue weighted by Gasteiger charge is -2.25. The van der Waals surface area contributed by atoms with E-state index in [1.807, 2.05) is 0 Å². The SMILES string of the molecule is CCCCCCCCCCCCCCCCCC[Si](C)(C)Oc1cccc2c1ccc1ccccc12. The molecule has 0 saturated carbocycles. The fourth-order valence-corrected chi connectivity index (χ4v) is 7.52. The molecule has 0 heterocycles. The smallest absolute Gasteiger partial charge is 0.245 e. The molecule has 0 aromatic heterocycles. The van der Waals surface area contributed by atoms with E-state index in [1.165, 1.54) is 130 Å². The Kier molecular flexibility index (Phi) is 12.9. The zero-order chi connectivity index (χ0) is 25.5. The minimum absolute atomic E-state index is 1.08. The van der Waals surface area contributed by atoms with Crippen LogP contribution in [0.5, 0.6) is 5.75 Å². The number of unbranched alkanes of at least 4 members (excludes halogenated alkanes) is 15. The van der Waals surface area contributed by atoms with Crippen molar-refractivity contribution in [1.29, 1.82) is 0 Å². The summed E-state index contributed by atoms with van der Waals surface area (Å²) in [7, 11) is -1.74. The van der Waals surface area contributed by atoms with E-state index >= 15 is 0 Å². The molecule has 3 aromatic rings. The second-order valence-corrected chi connectivity index (χ2v) is 15.8. The number of hydrogen-bond donors (Lipinski definition) is 0. The first-order valence-electron chi connectivity index (χ1n) is 15.2. The van der Waals surface area contributed by atoms with Gasteiger partial charge in [0.1, 0.15) is 5.75 Å². The lowest BCUT2D eigenvalue weighted by molar-refractivity contribution is 0.525. The molecule has 0 amide bonds. The fraction of sp³-hybridized carbons (Fsp3) is 0.588. The van der Waals surface area contributed by atoms with E-state index in [2.05, 4.69) is 74.6 Å². The summed E-state index contributed by atoms with van der Waals surface area (Å²) in [4.78, 5) is 0. The van der Waals surface area contributed by atoms with Gasteiger partial charge >= 0.3 is 0 Å². The Morgan fingerprint density at radius 1 is 0.500 bits per heavy atom. The second kappa shape index (κ2) is 16.1. The van der Waals surface area contributed by atoms with E-state index in [-0.39, 0.29) is 0 Å². The van der Waals surface area contributed by atoms with E-state index in [1.54, 1.807) is 0 Å². The maximum Gasteiger partial charge on any atom is 0.245 e. The molecule has 198 valence electrons. The molecule has 0 saturated heterocycles. The van der Waals surface area contributed by atoms with Gasteiger partial charge in [0.15, 0.2) is 0 Å². The zero-order valence-corrected chi connectivity index (χ0v) is 24.6. The van der Waals surface area contributed by atoms with Crippen LogP contribution < -0.4 is 4.43 Å². The molecule has 0 radical (unpaired) electrons. The van der Waals surface area contributed by atoms with E-state index in [9.17, 15) is 0 Å². The Labute approximate surface area is 223 Å². The summed E-state index contributed by atoms with van der Waals surface area (Å²) in [5.74, 6) is 1.08. The van der Waals surface area contributed by atoms with Gasteiger partial charge in [-0.3, -0.25) is 0 Å². The van der Waals surface area contributed by atoms with E-state index < -0.39 is 8.32 Å². The molecule has 0 aliphatic heterocycles. The molecule has 0 spiro atoms. The minimum atomic E-state index is -1.74. The second-order valence-electron chi connectivity index (χ2n) is 11.6. The van der Waals surface area contributed by atoms with Gasteiger partial charge in [0, 0.05) is 5.39 Å². The predicted octanol–water partition coefficient (Wildman–Crippen LogP) is 11.8. The molecule has 36 heavy (non-hydrogen) atoms. The average Bonchev–Trinajstić information content (AvgIpc) is 2.88. The number of rotatable bonds is 19. The van der Waals surface area contributed by atoms with Gasteiger partial charge in [-0.25, -0.2) is 0 Å². The molecule has 0 unspecified atom stereocenters. The van der Waals surface area contributed by atoms with Gasteiger partial charge in [-0.05, 0) is 41.4 Å². The third-order valence-corrected chi connectivity index (χ3v) is 10.1. The molecular formula is C34H52OSi. The lowest BCUT2D eigenvalue weighted by Crippen LogP contribution is -2.33. The van der Waals surface area contributed by atoms with Gasteiger partial charge in [-0.1, -0.05) is 158 Å². The molecule has 0 N–H and O–H groups in total. The third-order valence-electron chi connectivity index (χ3n) is 7.77. The summed E-state index contributed by atoms with van der Waals surface area (Å²) in [5, 5.41) is 5.17. The summed E-state index contributed by atoms with van der Waals surface area (Å²) in [6.07, 6.45) is 22.8. The van der Waals surface area contributed by atoms with Gasteiger partial charge in [-0.2, -0.15) is 0 Å². The highest BCUT2D eigenvalue weighted by molar-refractivity contribution is 6.71. The molecule has 0 fully saturated rings. The average molecular weight is 505 g/mol. The molecule has 0 atom stereocenters. The molecule has 0 aliphatic carbocycles. The first kappa shape index (κ1) is 28.8. The van der Waals surface area contributed by atoms with E-state index in [0.29, 0.717) is 0 Å². The van der Waals surface area contributed by atoms with Crippen molar-refractivity contribution in [1.82, 2.24) is 0 Å². The van der Waals surface area contributed by atoms with Crippen LogP contribution in [-0.4, -0.2) is 8.32 Å². The van der Waals surface area contributed by atoms with Crippen molar-refractivity contribution in [2.24, 2.45) is 0 Å². The number of benzene rings is 3. The normalized spacial score (nSPS) is 12.0. The fourth-order valence-electron chi connectivity index (χ4n) is 5.55. The molecular weight excluding hydrogens is 452 g/mol. The summed E-state index contributed by atoms with van der Waals surface area (Å²) in [5.41, 5.74) is 0. The minimum Gasteiger partial charge on any atom is -0.544 e. The highest BCUT2D eigenvalue weighted by atomic mass is 28.4. The van der Waals surface area contributed by atoms with Crippen molar-refractivity contribution >= 4 is 29.9 Å². The largest absolute Gasteiger partial charge is 0.544 e. The van der Waals surface area contributed by atoms with Crippen molar-refractivity contribution in [3.8, 4) is 5.75 Å². The van der Waals surface area contributed by atoms with Crippen molar-refractivity contribution in [2.75, 3.05) is 0 Å². The topological polar surface area (TPSA) is 9.23 Å². The molecule has 0 bridgehead atoms. The third kappa shape index (κ3) is 9.92. The number of hydrogen-bond acceptors (Lipinski definition) is 1. The van der Waals surface area contributed by atoms with Gasteiger partial charge in [0.05, 0.1) is 0 Å². The van der Waals surface area contributed by atoms with Gasteiger partial charge in [-0.15, -0.1) is 0 Å². The summed E-state index contributed by atoms with van der Waals surface area (Å²) < 4.78 is 6.73. The standard InChI is InChI=1S/C34H52OSi/c1-4-5-6-7-8-9-10-11-12-13-14-15-16-17-18-21-29-36(2,3)35-34-26-22-25-32-31-24-20-19-23-30(31)27-28-33(32)34/h19-20,22-28H,4-18,21,29H2,1-3H3.